The molecule has 190 valence electrons. The zero-order valence-corrected chi connectivity index (χ0v) is 19.3. The van der Waals surface area contributed by atoms with Crippen LogP contribution in [0.1, 0.15) is 57.4 Å². The first kappa shape index (κ1) is 24.0. The van der Waals surface area contributed by atoms with E-state index in [9.17, 15) is 36.7 Å². The van der Waals surface area contributed by atoms with Crippen molar-refractivity contribution in [2.24, 2.45) is 5.92 Å². The quantitative estimate of drug-likeness (QED) is 0.318. The van der Waals surface area contributed by atoms with Crippen LogP contribution in [-0.2, 0) is 16.0 Å². The van der Waals surface area contributed by atoms with Crippen molar-refractivity contribution in [3.05, 3.63) is 52.3 Å². The van der Waals surface area contributed by atoms with Crippen LogP contribution in [0.5, 0.6) is 0 Å². The standard InChI is InChI=1S/C24H22F4N4O4/c1-10-17(20(34)30-12-3-4-13(25)14(26)7-12)16-6-11-5-15(11)32(16)18(10)19(33)21(35)31-23(22(36)29-2)8-24(27,28)9-23/h3-4,7,11,15H,5-6,8-9H2,1-2H3,(H,29,36)(H,30,34)(H,31,35)/t11-,15-/m1/s1. The van der Waals surface area contributed by atoms with E-state index in [0.717, 1.165) is 18.6 Å². The number of hydrogen-bond acceptors (Lipinski definition) is 4. The Labute approximate surface area is 202 Å². The average Bonchev–Trinajstić information content (AvgIpc) is 3.36. The fourth-order valence-electron chi connectivity index (χ4n) is 5.46. The molecule has 2 atom stereocenters. The van der Waals surface area contributed by atoms with Crippen molar-refractivity contribution in [3.8, 4) is 0 Å². The van der Waals surface area contributed by atoms with Gasteiger partial charge in [-0.2, -0.15) is 0 Å². The first-order chi connectivity index (χ1) is 16.9. The minimum atomic E-state index is -3.15. The number of aromatic nitrogens is 1. The number of amides is 3. The molecule has 2 saturated carbocycles. The number of halogens is 4. The Hall–Kier alpha value is -3.70. The summed E-state index contributed by atoms with van der Waals surface area (Å²) in [6, 6.07) is 2.78. The lowest BCUT2D eigenvalue weighted by Crippen LogP contribution is -2.69. The maximum Gasteiger partial charge on any atom is 0.294 e. The molecule has 1 aromatic heterocycles. The Morgan fingerprint density at radius 2 is 1.78 bits per heavy atom. The number of nitrogens with zero attached hydrogens (tertiary/aromatic N) is 1. The van der Waals surface area contributed by atoms with Crippen molar-refractivity contribution in [3.63, 3.8) is 0 Å². The molecule has 3 N–H and O–H groups in total. The largest absolute Gasteiger partial charge is 0.357 e. The number of carbonyl (C=O) groups excluding carboxylic acids is 4. The molecule has 0 radical (unpaired) electrons. The fourth-order valence-corrected chi connectivity index (χ4v) is 5.46. The number of ketones is 1. The van der Waals surface area contributed by atoms with E-state index in [0.29, 0.717) is 12.1 Å². The van der Waals surface area contributed by atoms with Gasteiger partial charge >= 0.3 is 0 Å². The predicted molar refractivity (Wildman–Crippen MR) is 118 cm³/mol. The Balaban J connectivity index is 1.45. The summed E-state index contributed by atoms with van der Waals surface area (Å²) in [6.45, 7) is 1.48. The SMILES string of the molecule is CNC(=O)C1(NC(=O)C(=O)c2c(C)c(C(=O)Nc3ccc(F)c(F)c3)c3n2[C@@H]2C[C@@H]2C3)CC(F)(F)C1. The molecule has 2 fully saturated rings. The zero-order chi connectivity index (χ0) is 26.2. The Morgan fingerprint density at radius 3 is 2.39 bits per heavy atom. The fraction of sp³-hybridized carbons (Fsp3) is 0.417. The maximum atomic E-state index is 13.6. The number of hydrogen-bond donors (Lipinski definition) is 3. The number of Topliss-reactive ketones (excluding diaryl/α,β-unsaturated/α-hetero) is 1. The number of likely N-dealkylation sites (N-methyl/N-ethyl adjacent to an activating group) is 1. The van der Waals surface area contributed by atoms with Gasteiger partial charge in [0.1, 0.15) is 5.54 Å². The second-order valence-electron chi connectivity index (χ2n) is 9.67. The number of alkyl halides is 2. The molecule has 0 saturated heterocycles. The van der Waals surface area contributed by atoms with Gasteiger partial charge in [-0.15, -0.1) is 0 Å². The van der Waals surface area contributed by atoms with Crippen LogP contribution in [0, 0.1) is 24.5 Å². The van der Waals surface area contributed by atoms with Gasteiger partial charge in [0.25, 0.3) is 23.5 Å². The molecule has 2 aliphatic carbocycles. The van der Waals surface area contributed by atoms with Gasteiger partial charge in [0, 0.05) is 43.4 Å². The number of rotatable bonds is 6. The first-order valence-corrected chi connectivity index (χ1v) is 11.3. The minimum absolute atomic E-state index is 0.00505. The molecular weight excluding hydrogens is 484 g/mol. The van der Waals surface area contributed by atoms with Crippen molar-refractivity contribution in [2.75, 3.05) is 12.4 Å². The molecule has 0 spiro atoms. The third-order valence-electron chi connectivity index (χ3n) is 7.18. The van der Waals surface area contributed by atoms with Gasteiger partial charge < -0.3 is 20.5 Å². The average molecular weight is 506 g/mol. The van der Waals surface area contributed by atoms with Crippen LogP contribution in [0.25, 0.3) is 0 Å². The van der Waals surface area contributed by atoms with Gasteiger partial charge in [-0.05, 0) is 43.4 Å². The molecule has 5 rings (SSSR count). The van der Waals surface area contributed by atoms with Gasteiger partial charge in [-0.3, -0.25) is 19.2 Å². The summed E-state index contributed by atoms with van der Waals surface area (Å²) in [7, 11) is 1.24. The van der Waals surface area contributed by atoms with E-state index in [1.54, 1.807) is 4.57 Å². The highest BCUT2D eigenvalue weighted by Crippen LogP contribution is 2.54. The molecule has 1 aliphatic heterocycles. The number of nitrogens with one attached hydrogen (secondary N) is 3. The van der Waals surface area contributed by atoms with E-state index in [2.05, 4.69) is 16.0 Å². The van der Waals surface area contributed by atoms with Crippen LogP contribution < -0.4 is 16.0 Å². The lowest BCUT2D eigenvalue weighted by atomic mass is 9.72. The molecule has 2 aromatic rings. The molecule has 2 heterocycles. The maximum absolute atomic E-state index is 13.6. The summed E-state index contributed by atoms with van der Waals surface area (Å²) >= 11 is 0. The van der Waals surface area contributed by atoms with Crippen LogP contribution >= 0.6 is 0 Å². The molecule has 12 heteroatoms. The second-order valence-corrected chi connectivity index (χ2v) is 9.67. The summed E-state index contributed by atoms with van der Waals surface area (Å²) in [6.07, 6.45) is -0.635. The lowest BCUT2D eigenvalue weighted by Gasteiger charge is -2.45. The molecule has 3 aliphatic rings. The molecule has 0 bridgehead atoms. The molecule has 36 heavy (non-hydrogen) atoms. The van der Waals surface area contributed by atoms with Gasteiger partial charge in [-0.25, -0.2) is 17.6 Å². The topological polar surface area (TPSA) is 109 Å². The van der Waals surface area contributed by atoms with Crippen molar-refractivity contribution >= 4 is 29.2 Å². The minimum Gasteiger partial charge on any atom is -0.357 e. The first-order valence-electron chi connectivity index (χ1n) is 11.3. The van der Waals surface area contributed by atoms with E-state index < -0.39 is 59.4 Å². The van der Waals surface area contributed by atoms with Gasteiger partial charge in [0.2, 0.25) is 5.91 Å². The second kappa shape index (κ2) is 7.90. The molecular formula is C24H22F4N4O4. The summed E-state index contributed by atoms with van der Waals surface area (Å²) in [5.41, 5.74) is -1.09. The zero-order valence-electron chi connectivity index (χ0n) is 19.3. The van der Waals surface area contributed by atoms with E-state index >= 15 is 0 Å². The molecule has 8 nitrogen and oxygen atoms in total. The smallest absolute Gasteiger partial charge is 0.294 e. The molecule has 3 amide bonds. The third-order valence-corrected chi connectivity index (χ3v) is 7.18. The van der Waals surface area contributed by atoms with Gasteiger partial charge in [-0.1, -0.05) is 0 Å². The van der Waals surface area contributed by atoms with Crippen LogP contribution in [-0.4, -0.2) is 46.6 Å². The highest BCUT2D eigenvalue weighted by atomic mass is 19.3. The van der Waals surface area contributed by atoms with Crippen LogP contribution in [0.15, 0.2) is 18.2 Å². The number of anilines is 1. The van der Waals surface area contributed by atoms with Gasteiger partial charge in [0.05, 0.1) is 11.3 Å². The van der Waals surface area contributed by atoms with Crippen molar-refractivity contribution in [2.45, 2.75) is 50.1 Å². The van der Waals surface area contributed by atoms with E-state index in [-0.39, 0.29) is 34.5 Å². The summed E-state index contributed by atoms with van der Waals surface area (Å²) in [5, 5.41) is 6.93. The highest BCUT2D eigenvalue weighted by molar-refractivity contribution is 6.43. The lowest BCUT2D eigenvalue weighted by molar-refractivity contribution is -0.164. The Kier molecular flexibility index (Phi) is 5.27. The van der Waals surface area contributed by atoms with Crippen molar-refractivity contribution < 1.29 is 36.7 Å². The van der Waals surface area contributed by atoms with Crippen LogP contribution in [0.4, 0.5) is 23.2 Å². The number of benzene rings is 1. The number of carbonyl (C=O) groups is 4. The van der Waals surface area contributed by atoms with Crippen LogP contribution in [0.2, 0.25) is 0 Å². The predicted octanol–water partition coefficient (Wildman–Crippen LogP) is 2.66. The third kappa shape index (κ3) is 3.66. The van der Waals surface area contributed by atoms with Crippen molar-refractivity contribution in [1.82, 2.24) is 15.2 Å². The molecule has 0 unspecified atom stereocenters. The van der Waals surface area contributed by atoms with E-state index in [1.165, 1.54) is 20.0 Å². The number of fused-ring (bicyclic) bond motifs is 3. The van der Waals surface area contributed by atoms with E-state index in [4.69, 9.17) is 0 Å². The molecule has 1 aromatic carbocycles. The summed E-state index contributed by atoms with van der Waals surface area (Å²) in [5.74, 6) is -8.96. The van der Waals surface area contributed by atoms with Gasteiger partial charge in [0.15, 0.2) is 11.6 Å². The van der Waals surface area contributed by atoms with Crippen molar-refractivity contribution in [1.29, 1.82) is 0 Å². The summed E-state index contributed by atoms with van der Waals surface area (Å²) in [4.78, 5) is 51.6. The van der Waals surface area contributed by atoms with E-state index in [1.807, 2.05) is 0 Å². The monoisotopic (exact) mass is 506 g/mol. The van der Waals surface area contributed by atoms with Crippen LogP contribution in [0.3, 0.4) is 0 Å². The Bertz CT molecular complexity index is 1340. The Morgan fingerprint density at radius 1 is 1.08 bits per heavy atom. The normalized spacial score (nSPS) is 22.1. The highest BCUT2D eigenvalue weighted by Gasteiger charge is 2.62. The summed E-state index contributed by atoms with van der Waals surface area (Å²) < 4.78 is 55.7.